The third kappa shape index (κ3) is 6.85. The molecule has 1 aliphatic rings. The van der Waals surface area contributed by atoms with Gasteiger partial charge in [0.1, 0.15) is 12.1 Å². The molecule has 4 rings (SSSR count). The van der Waals surface area contributed by atoms with Gasteiger partial charge in [-0.3, -0.25) is 4.57 Å². The second kappa shape index (κ2) is 13.2. The van der Waals surface area contributed by atoms with Gasteiger partial charge in [0.05, 0.1) is 19.8 Å². The molecule has 0 spiro atoms. The molecule has 34 heavy (non-hydrogen) atoms. The van der Waals surface area contributed by atoms with E-state index in [1.807, 2.05) is 35.0 Å². The van der Waals surface area contributed by atoms with E-state index >= 15 is 0 Å². The number of rotatable bonds is 9. The van der Waals surface area contributed by atoms with Crippen LogP contribution in [0.4, 0.5) is 0 Å². The van der Waals surface area contributed by atoms with Gasteiger partial charge in [-0.1, -0.05) is 12.1 Å². The minimum atomic E-state index is 0. The average molecular weight is 576 g/mol. The quantitative estimate of drug-likeness (QED) is 0.222. The van der Waals surface area contributed by atoms with Crippen LogP contribution in [0.3, 0.4) is 0 Å². The highest BCUT2D eigenvalue weighted by Gasteiger charge is 2.20. The number of halogens is 1. The molecule has 0 bridgehead atoms. The van der Waals surface area contributed by atoms with Crippen molar-refractivity contribution in [2.45, 2.75) is 51.8 Å². The Kier molecular flexibility index (Phi) is 9.99. The fourth-order valence-corrected chi connectivity index (χ4v) is 3.95. The summed E-state index contributed by atoms with van der Waals surface area (Å²) in [4.78, 5) is 13.3. The maximum Gasteiger partial charge on any atom is 0.191 e. The lowest BCUT2D eigenvalue weighted by Gasteiger charge is -2.20. The first-order valence-corrected chi connectivity index (χ1v) is 11.5. The molecule has 0 radical (unpaired) electrons. The molecule has 2 N–H and O–H groups in total. The molecule has 1 aliphatic carbocycles. The van der Waals surface area contributed by atoms with Gasteiger partial charge in [-0.25, -0.2) is 15.0 Å². The van der Waals surface area contributed by atoms with E-state index in [9.17, 15) is 0 Å². The highest BCUT2D eigenvalue weighted by atomic mass is 127. The van der Waals surface area contributed by atoms with Crippen molar-refractivity contribution in [3.8, 4) is 17.3 Å². The van der Waals surface area contributed by atoms with E-state index < -0.39 is 0 Å². The van der Waals surface area contributed by atoms with Crippen molar-refractivity contribution in [3.05, 3.63) is 66.4 Å². The Morgan fingerprint density at radius 3 is 2.76 bits per heavy atom. The number of benzene rings is 1. The maximum absolute atomic E-state index is 6.36. The summed E-state index contributed by atoms with van der Waals surface area (Å²) in [5.74, 6) is 3.16. The third-order valence-electron chi connectivity index (χ3n) is 5.66. The summed E-state index contributed by atoms with van der Waals surface area (Å²) in [5.41, 5.74) is 2.12. The Balaban J connectivity index is 0.00000324. The molecule has 0 amide bonds. The molecule has 9 heteroatoms. The summed E-state index contributed by atoms with van der Waals surface area (Å²) in [5, 5.41) is 6.76. The number of nitrogens with one attached hydrogen (secondary N) is 2. The van der Waals surface area contributed by atoms with E-state index in [-0.39, 0.29) is 30.1 Å². The Morgan fingerprint density at radius 1 is 1.18 bits per heavy atom. The first-order valence-electron chi connectivity index (χ1n) is 11.5. The summed E-state index contributed by atoms with van der Waals surface area (Å²) < 4.78 is 13.8. The molecule has 1 saturated carbocycles. The molecule has 182 valence electrons. The number of guanidine groups is 1. The summed E-state index contributed by atoms with van der Waals surface area (Å²) in [7, 11) is 1.69. The standard InChI is InChI=1S/C25H32N6O2.HI/c1-3-27-25(29-16-19-11-12-28-23(15-19)31-14-13-26-18-31)30-17-20-7-6-10-22(32-2)24(20)33-21-8-4-5-9-21;/h6-7,10-15,18,21H,3-5,8-9,16-17H2,1-2H3,(H2,27,29,30);1H. The van der Waals surface area contributed by atoms with Crippen LogP contribution >= 0.6 is 24.0 Å². The molecule has 0 saturated heterocycles. The lowest BCUT2D eigenvalue weighted by Crippen LogP contribution is -2.37. The number of methoxy groups -OCH3 is 1. The van der Waals surface area contributed by atoms with Crippen LogP contribution in [-0.2, 0) is 13.1 Å². The van der Waals surface area contributed by atoms with Gasteiger partial charge in [-0.15, -0.1) is 24.0 Å². The molecule has 8 nitrogen and oxygen atoms in total. The van der Waals surface area contributed by atoms with Crippen LogP contribution in [-0.4, -0.2) is 40.3 Å². The van der Waals surface area contributed by atoms with E-state index in [0.29, 0.717) is 13.1 Å². The highest BCUT2D eigenvalue weighted by molar-refractivity contribution is 14.0. The SMILES string of the molecule is CCNC(=NCc1ccnc(-n2ccnc2)c1)NCc1cccc(OC)c1OC1CCCC1.I. The van der Waals surface area contributed by atoms with Crippen LogP contribution in [0.5, 0.6) is 11.5 Å². The maximum atomic E-state index is 6.36. The van der Waals surface area contributed by atoms with Crippen LogP contribution < -0.4 is 20.1 Å². The molecule has 2 heterocycles. The Labute approximate surface area is 218 Å². The smallest absolute Gasteiger partial charge is 0.191 e. The molecular formula is C25H33IN6O2. The molecule has 0 atom stereocenters. The Hall–Kier alpha value is -2.82. The van der Waals surface area contributed by atoms with Crippen molar-refractivity contribution in [2.24, 2.45) is 4.99 Å². The van der Waals surface area contributed by atoms with Crippen molar-refractivity contribution in [3.63, 3.8) is 0 Å². The van der Waals surface area contributed by atoms with Gasteiger partial charge in [0.2, 0.25) is 0 Å². The average Bonchev–Trinajstić information content (AvgIpc) is 3.56. The van der Waals surface area contributed by atoms with Crippen molar-refractivity contribution < 1.29 is 9.47 Å². The number of aromatic nitrogens is 3. The fourth-order valence-electron chi connectivity index (χ4n) is 3.95. The van der Waals surface area contributed by atoms with Gasteiger partial charge >= 0.3 is 0 Å². The van der Waals surface area contributed by atoms with Crippen molar-refractivity contribution in [1.82, 2.24) is 25.2 Å². The van der Waals surface area contributed by atoms with Gasteiger partial charge in [-0.05, 0) is 56.4 Å². The zero-order valence-corrected chi connectivity index (χ0v) is 22.1. The van der Waals surface area contributed by atoms with Gasteiger partial charge in [0, 0.05) is 37.2 Å². The van der Waals surface area contributed by atoms with Gasteiger partial charge < -0.3 is 20.1 Å². The lowest BCUT2D eigenvalue weighted by atomic mass is 10.1. The van der Waals surface area contributed by atoms with Gasteiger partial charge in [0.25, 0.3) is 0 Å². The van der Waals surface area contributed by atoms with Gasteiger partial charge in [0.15, 0.2) is 17.5 Å². The first kappa shape index (κ1) is 25.8. The predicted octanol–water partition coefficient (Wildman–Crippen LogP) is 4.47. The zero-order chi connectivity index (χ0) is 22.9. The summed E-state index contributed by atoms with van der Waals surface area (Å²) in [6.45, 7) is 3.94. The number of hydrogen-bond acceptors (Lipinski definition) is 5. The molecular weight excluding hydrogens is 543 g/mol. The zero-order valence-electron chi connectivity index (χ0n) is 19.7. The number of nitrogens with zero attached hydrogens (tertiary/aromatic N) is 4. The molecule has 2 aromatic heterocycles. The number of aliphatic imine (C=N–C) groups is 1. The summed E-state index contributed by atoms with van der Waals surface area (Å²) >= 11 is 0. The monoisotopic (exact) mass is 576 g/mol. The Bertz CT molecular complexity index is 1050. The molecule has 1 fully saturated rings. The molecule has 3 aromatic rings. The molecule has 0 aliphatic heterocycles. The second-order valence-corrected chi connectivity index (χ2v) is 8.01. The Morgan fingerprint density at radius 2 is 2.03 bits per heavy atom. The lowest BCUT2D eigenvalue weighted by molar-refractivity contribution is 0.198. The molecule has 0 unspecified atom stereocenters. The minimum absolute atomic E-state index is 0. The van der Waals surface area contributed by atoms with Crippen LogP contribution in [0, 0.1) is 0 Å². The van der Waals surface area contributed by atoms with Crippen molar-refractivity contribution in [1.29, 1.82) is 0 Å². The number of para-hydroxylation sites is 1. The number of pyridine rings is 1. The van der Waals surface area contributed by atoms with E-state index in [0.717, 1.165) is 53.8 Å². The first-order chi connectivity index (χ1) is 16.3. The highest BCUT2D eigenvalue weighted by Crippen LogP contribution is 2.34. The van der Waals surface area contributed by atoms with Crippen molar-refractivity contribution in [2.75, 3.05) is 13.7 Å². The second-order valence-electron chi connectivity index (χ2n) is 8.01. The van der Waals surface area contributed by atoms with Gasteiger partial charge in [-0.2, -0.15) is 0 Å². The van der Waals surface area contributed by atoms with Crippen LogP contribution in [0.1, 0.15) is 43.7 Å². The fraction of sp³-hybridized carbons (Fsp3) is 0.400. The van der Waals surface area contributed by atoms with E-state index in [2.05, 4.69) is 33.6 Å². The number of ether oxygens (including phenoxy) is 2. The van der Waals surface area contributed by atoms with Crippen LogP contribution in [0.2, 0.25) is 0 Å². The summed E-state index contributed by atoms with van der Waals surface area (Å²) in [6.07, 6.45) is 12.1. The molecule has 1 aromatic carbocycles. The van der Waals surface area contributed by atoms with Crippen LogP contribution in [0.25, 0.3) is 5.82 Å². The number of imidazole rings is 1. The van der Waals surface area contributed by atoms with E-state index in [1.165, 1.54) is 12.8 Å². The van der Waals surface area contributed by atoms with Crippen LogP contribution in [0.15, 0.2) is 60.2 Å². The summed E-state index contributed by atoms with van der Waals surface area (Å²) in [6, 6.07) is 10.0. The number of hydrogen-bond donors (Lipinski definition) is 2. The minimum Gasteiger partial charge on any atom is -0.493 e. The third-order valence-corrected chi connectivity index (χ3v) is 5.66. The van der Waals surface area contributed by atoms with E-state index in [4.69, 9.17) is 14.5 Å². The van der Waals surface area contributed by atoms with E-state index in [1.54, 1.807) is 25.8 Å². The largest absolute Gasteiger partial charge is 0.493 e. The predicted molar refractivity (Wildman–Crippen MR) is 144 cm³/mol. The topological polar surface area (TPSA) is 85.6 Å². The normalized spacial score (nSPS) is 13.9. The van der Waals surface area contributed by atoms with Crippen molar-refractivity contribution >= 4 is 29.9 Å².